The molecule has 4 unspecified atom stereocenters. The third-order valence-corrected chi connectivity index (χ3v) is 4.55. The minimum atomic E-state index is -1.86. The van der Waals surface area contributed by atoms with Gasteiger partial charge in [0.1, 0.15) is 6.61 Å². The molecule has 13 heteroatoms. The highest BCUT2D eigenvalue weighted by molar-refractivity contribution is 9.10. The molecule has 0 spiro atoms. The van der Waals surface area contributed by atoms with Gasteiger partial charge in [-0.3, -0.25) is 28.8 Å². The minimum Gasteiger partial charge on any atom is -0.462 e. The molecule has 0 radical (unpaired) electrons. The Morgan fingerprint density at radius 1 is 0.714 bits per heavy atom. The third kappa shape index (κ3) is 11.0. The van der Waals surface area contributed by atoms with Gasteiger partial charge in [-0.05, 0) is 24.3 Å². The Kier molecular flexibility index (Phi) is 11.9. The number of rotatable bonds is 11. The second-order valence-corrected chi connectivity index (χ2v) is 8.04. The van der Waals surface area contributed by atoms with Gasteiger partial charge in [0, 0.05) is 44.8 Å². The number of hydrogen-bond acceptors (Lipinski definition) is 11. The van der Waals surface area contributed by atoms with Crippen molar-refractivity contribution in [3.05, 3.63) is 28.7 Å². The Morgan fingerprint density at radius 2 is 1.20 bits per heavy atom. The molecule has 0 bridgehead atoms. The van der Waals surface area contributed by atoms with Crippen LogP contribution in [-0.4, -0.2) is 66.8 Å². The van der Waals surface area contributed by atoms with Gasteiger partial charge >= 0.3 is 29.8 Å². The van der Waals surface area contributed by atoms with Crippen molar-refractivity contribution in [1.82, 2.24) is 0 Å². The summed E-state index contributed by atoms with van der Waals surface area (Å²) in [6.45, 7) is 4.53. The van der Waals surface area contributed by atoms with Crippen LogP contribution in [0.5, 0.6) is 0 Å². The van der Waals surface area contributed by atoms with Gasteiger partial charge in [0.15, 0.2) is 18.3 Å². The quantitative estimate of drug-likeness (QED) is 0.310. The second kappa shape index (κ2) is 14.0. The van der Waals surface area contributed by atoms with Crippen LogP contribution in [0, 0.1) is 0 Å². The van der Waals surface area contributed by atoms with E-state index in [-0.39, 0.29) is 0 Å². The van der Waals surface area contributed by atoms with E-state index < -0.39 is 66.8 Å². The molecule has 0 fully saturated rings. The average Bonchev–Trinajstić information content (AvgIpc) is 2.72. The van der Waals surface area contributed by atoms with E-state index in [1.54, 1.807) is 24.3 Å². The summed E-state index contributed by atoms with van der Waals surface area (Å²) in [4.78, 5) is 71.8. The fourth-order valence-corrected chi connectivity index (χ4v) is 3.11. The molecule has 0 aromatic heterocycles. The molecule has 1 rings (SSSR count). The van der Waals surface area contributed by atoms with Crippen LogP contribution in [0.4, 0.5) is 5.69 Å². The van der Waals surface area contributed by atoms with E-state index in [2.05, 4.69) is 21.2 Å². The zero-order valence-electron chi connectivity index (χ0n) is 19.7. The SMILES string of the molecule is CC(=O)OCC(OC(C)=O)C(OC(C)=O)C(OC(C)=O)C(OC(C)=O)C(=O)Nc1ccc(Br)cc1. The van der Waals surface area contributed by atoms with Crippen molar-refractivity contribution in [2.24, 2.45) is 0 Å². The van der Waals surface area contributed by atoms with Crippen LogP contribution in [0.2, 0.25) is 0 Å². The normalized spacial score (nSPS) is 13.8. The molecule has 1 aromatic rings. The number of amides is 1. The van der Waals surface area contributed by atoms with E-state index in [4.69, 9.17) is 23.7 Å². The molecule has 12 nitrogen and oxygen atoms in total. The van der Waals surface area contributed by atoms with Crippen LogP contribution in [0.25, 0.3) is 0 Å². The predicted molar refractivity (Wildman–Crippen MR) is 122 cm³/mol. The van der Waals surface area contributed by atoms with Gasteiger partial charge in [-0.2, -0.15) is 0 Å². The Labute approximate surface area is 209 Å². The van der Waals surface area contributed by atoms with E-state index in [1.807, 2.05) is 0 Å². The van der Waals surface area contributed by atoms with Gasteiger partial charge in [0.05, 0.1) is 0 Å². The van der Waals surface area contributed by atoms with E-state index >= 15 is 0 Å². The summed E-state index contributed by atoms with van der Waals surface area (Å²) in [5.74, 6) is -5.33. The zero-order valence-corrected chi connectivity index (χ0v) is 21.3. The van der Waals surface area contributed by atoms with E-state index in [9.17, 15) is 28.8 Å². The maximum absolute atomic E-state index is 13.1. The van der Waals surface area contributed by atoms with Crippen LogP contribution in [0.3, 0.4) is 0 Å². The van der Waals surface area contributed by atoms with Crippen molar-refractivity contribution in [2.75, 3.05) is 11.9 Å². The summed E-state index contributed by atoms with van der Waals surface area (Å²) in [5, 5.41) is 2.50. The number of esters is 5. The summed E-state index contributed by atoms with van der Waals surface area (Å²) in [7, 11) is 0. The second-order valence-electron chi connectivity index (χ2n) is 7.12. The van der Waals surface area contributed by atoms with Crippen molar-refractivity contribution < 1.29 is 52.5 Å². The summed E-state index contributed by atoms with van der Waals surface area (Å²) in [5.41, 5.74) is 0.303. The van der Waals surface area contributed by atoms with Crippen LogP contribution >= 0.6 is 15.9 Å². The van der Waals surface area contributed by atoms with Gasteiger partial charge in [0.2, 0.25) is 6.10 Å². The Hall–Kier alpha value is -3.48. The number of nitrogens with one attached hydrogen (secondary N) is 1. The summed E-state index contributed by atoms with van der Waals surface area (Å²) in [6.07, 6.45) is -6.89. The monoisotopic (exact) mass is 559 g/mol. The van der Waals surface area contributed by atoms with Crippen LogP contribution in [-0.2, 0) is 52.5 Å². The molecule has 0 aliphatic carbocycles. The van der Waals surface area contributed by atoms with Gasteiger partial charge in [-0.15, -0.1) is 0 Å². The standard InChI is InChI=1S/C22H26BrNO11/c1-11(25)31-10-18(32-12(2)26)19(33-13(3)27)20(34-14(4)28)21(35-15(5)29)22(30)24-17-8-6-16(23)7-9-17/h6-9,18-21H,10H2,1-5H3,(H,24,30). The molecule has 0 aliphatic heterocycles. The molecular formula is C22H26BrNO11. The summed E-state index contributed by atoms with van der Waals surface area (Å²) >= 11 is 3.26. The minimum absolute atomic E-state index is 0.303. The lowest BCUT2D eigenvalue weighted by atomic mass is 10.0. The first-order chi connectivity index (χ1) is 16.3. The number of benzene rings is 1. The number of carbonyl (C=O) groups is 6. The predicted octanol–water partition coefficient (Wildman–Crippen LogP) is 1.68. The third-order valence-electron chi connectivity index (χ3n) is 4.02. The van der Waals surface area contributed by atoms with Crippen LogP contribution in [0.15, 0.2) is 28.7 Å². The number of halogens is 1. The van der Waals surface area contributed by atoms with E-state index in [0.29, 0.717) is 5.69 Å². The lowest BCUT2D eigenvalue weighted by Gasteiger charge is -2.34. The molecule has 0 saturated carbocycles. The highest BCUT2D eigenvalue weighted by Gasteiger charge is 2.47. The van der Waals surface area contributed by atoms with Gasteiger partial charge in [-0.1, -0.05) is 15.9 Å². The average molecular weight is 560 g/mol. The topological polar surface area (TPSA) is 161 Å². The molecule has 4 atom stereocenters. The van der Waals surface area contributed by atoms with Crippen molar-refractivity contribution in [3.63, 3.8) is 0 Å². The molecule has 1 N–H and O–H groups in total. The van der Waals surface area contributed by atoms with Crippen molar-refractivity contribution in [2.45, 2.75) is 59.0 Å². The number of ether oxygens (including phenoxy) is 5. The summed E-state index contributed by atoms with van der Waals surface area (Å²) < 4.78 is 26.3. The Morgan fingerprint density at radius 3 is 1.66 bits per heavy atom. The molecule has 0 aliphatic rings. The first kappa shape index (κ1) is 29.6. The fraction of sp³-hybridized carbons (Fsp3) is 0.455. The highest BCUT2D eigenvalue weighted by atomic mass is 79.9. The molecule has 0 heterocycles. The molecule has 192 valence electrons. The van der Waals surface area contributed by atoms with Crippen LogP contribution < -0.4 is 5.32 Å². The van der Waals surface area contributed by atoms with Gasteiger partial charge in [0.25, 0.3) is 5.91 Å². The lowest BCUT2D eigenvalue weighted by molar-refractivity contribution is -0.202. The smallest absolute Gasteiger partial charge is 0.303 e. The summed E-state index contributed by atoms with van der Waals surface area (Å²) in [6, 6.07) is 6.36. The first-order valence-corrected chi connectivity index (χ1v) is 11.0. The number of carbonyl (C=O) groups excluding carboxylic acids is 6. The molecular weight excluding hydrogens is 534 g/mol. The molecule has 0 saturated heterocycles. The van der Waals surface area contributed by atoms with Gasteiger partial charge < -0.3 is 29.0 Å². The first-order valence-electron chi connectivity index (χ1n) is 10.2. The fourth-order valence-electron chi connectivity index (χ4n) is 2.84. The van der Waals surface area contributed by atoms with Crippen molar-refractivity contribution in [1.29, 1.82) is 0 Å². The van der Waals surface area contributed by atoms with Crippen LogP contribution in [0.1, 0.15) is 34.6 Å². The molecule has 1 aromatic carbocycles. The molecule has 35 heavy (non-hydrogen) atoms. The largest absolute Gasteiger partial charge is 0.462 e. The number of anilines is 1. The Balaban J connectivity index is 3.51. The van der Waals surface area contributed by atoms with Crippen molar-refractivity contribution in [3.8, 4) is 0 Å². The lowest BCUT2D eigenvalue weighted by Crippen LogP contribution is -2.56. The van der Waals surface area contributed by atoms with E-state index in [0.717, 1.165) is 39.1 Å². The molecule has 1 amide bonds. The van der Waals surface area contributed by atoms with Crippen molar-refractivity contribution >= 4 is 57.4 Å². The number of hydrogen-bond donors (Lipinski definition) is 1. The Bertz CT molecular complexity index is 947. The maximum Gasteiger partial charge on any atom is 0.303 e. The highest BCUT2D eigenvalue weighted by Crippen LogP contribution is 2.22. The maximum atomic E-state index is 13.1. The zero-order chi connectivity index (χ0) is 26.7. The van der Waals surface area contributed by atoms with E-state index in [1.165, 1.54) is 0 Å². The van der Waals surface area contributed by atoms with Gasteiger partial charge in [-0.25, -0.2) is 0 Å².